The van der Waals surface area contributed by atoms with Crippen LogP contribution in [-0.4, -0.2) is 25.7 Å². The van der Waals surface area contributed by atoms with Crippen molar-refractivity contribution in [2.45, 2.75) is 51.2 Å². The van der Waals surface area contributed by atoms with E-state index in [1.54, 1.807) is 12.1 Å². The lowest BCUT2D eigenvalue weighted by molar-refractivity contribution is -0.0645. The van der Waals surface area contributed by atoms with Crippen LogP contribution >= 0.6 is 0 Å². The van der Waals surface area contributed by atoms with Crippen LogP contribution in [-0.2, 0) is 10.0 Å². The van der Waals surface area contributed by atoms with Gasteiger partial charge in [-0.25, -0.2) is 13.1 Å². The van der Waals surface area contributed by atoms with Crippen molar-refractivity contribution in [3.63, 3.8) is 0 Å². The van der Waals surface area contributed by atoms with E-state index in [4.69, 9.17) is 0 Å². The fourth-order valence-corrected chi connectivity index (χ4v) is 4.04. The zero-order chi connectivity index (χ0) is 14.4. The molecule has 1 aromatic rings. The summed E-state index contributed by atoms with van der Waals surface area (Å²) in [7, 11) is -3.52. The van der Waals surface area contributed by atoms with E-state index in [0.29, 0.717) is 11.3 Å². The van der Waals surface area contributed by atoms with Crippen LogP contribution in [0.25, 0.3) is 0 Å². The summed E-state index contributed by atoms with van der Waals surface area (Å²) in [5.41, 5.74) is 1.44. The maximum Gasteiger partial charge on any atom is 0.240 e. The van der Waals surface area contributed by atoms with E-state index in [1.807, 2.05) is 33.8 Å². The number of hydrogen-bond donors (Lipinski definition) is 2. The zero-order valence-electron chi connectivity index (χ0n) is 11.8. The van der Waals surface area contributed by atoms with E-state index >= 15 is 0 Å². The fraction of sp³-hybridized carbons (Fsp3) is 0.571. The van der Waals surface area contributed by atoms with E-state index in [1.165, 1.54) is 0 Å². The second-order valence-corrected chi connectivity index (χ2v) is 7.78. The van der Waals surface area contributed by atoms with Crippen LogP contribution < -0.4 is 4.72 Å². The highest BCUT2D eigenvalue weighted by Crippen LogP contribution is 2.41. The summed E-state index contributed by atoms with van der Waals surface area (Å²) in [5, 5.41) is 9.67. The molecule has 19 heavy (non-hydrogen) atoms. The molecule has 1 aliphatic carbocycles. The van der Waals surface area contributed by atoms with Gasteiger partial charge in [0.1, 0.15) is 0 Å². The minimum Gasteiger partial charge on any atom is -0.392 e. The topological polar surface area (TPSA) is 66.4 Å². The van der Waals surface area contributed by atoms with E-state index in [0.717, 1.165) is 11.1 Å². The molecule has 0 heterocycles. The monoisotopic (exact) mass is 283 g/mol. The first-order chi connectivity index (χ1) is 8.63. The highest BCUT2D eigenvalue weighted by atomic mass is 32.2. The van der Waals surface area contributed by atoms with Crippen LogP contribution in [0.2, 0.25) is 0 Å². The number of sulfonamides is 1. The number of nitrogens with one attached hydrogen (secondary N) is 1. The van der Waals surface area contributed by atoms with Crippen molar-refractivity contribution in [1.82, 2.24) is 4.72 Å². The molecule has 0 saturated heterocycles. The Hall–Kier alpha value is -0.910. The summed E-state index contributed by atoms with van der Waals surface area (Å²) in [5.74, 6) is 0. The standard InChI is InChI=1S/C14H21NO3S/c1-9-5-10(2)7-11(6-9)19(17,18)15-12-8-13(16)14(12,3)4/h5-7,12-13,15-16H,8H2,1-4H3. The third-order valence-corrected chi connectivity index (χ3v) is 5.47. The first-order valence-electron chi connectivity index (χ1n) is 6.41. The van der Waals surface area contributed by atoms with Gasteiger partial charge in [0, 0.05) is 11.5 Å². The van der Waals surface area contributed by atoms with E-state index in [-0.39, 0.29) is 6.04 Å². The highest BCUT2D eigenvalue weighted by Gasteiger charge is 2.48. The van der Waals surface area contributed by atoms with Crippen LogP contribution in [0.3, 0.4) is 0 Å². The Balaban J connectivity index is 2.24. The lowest BCUT2D eigenvalue weighted by Gasteiger charge is -2.49. The van der Waals surface area contributed by atoms with Crippen LogP contribution in [0.15, 0.2) is 23.1 Å². The smallest absolute Gasteiger partial charge is 0.240 e. The van der Waals surface area contributed by atoms with Crippen LogP contribution in [0, 0.1) is 19.3 Å². The number of hydrogen-bond acceptors (Lipinski definition) is 3. The van der Waals surface area contributed by atoms with Gasteiger partial charge in [0.15, 0.2) is 0 Å². The number of aliphatic hydroxyl groups is 1. The highest BCUT2D eigenvalue weighted by molar-refractivity contribution is 7.89. The van der Waals surface area contributed by atoms with Crippen molar-refractivity contribution < 1.29 is 13.5 Å². The largest absolute Gasteiger partial charge is 0.392 e. The molecule has 2 unspecified atom stereocenters. The quantitative estimate of drug-likeness (QED) is 0.888. The molecular formula is C14H21NO3S. The normalized spacial score (nSPS) is 25.9. The predicted octanol–water partition coefficient (Wildman–Crippen LogP) is 1.74. The maximum atomic E-state index is 12.3. The molecule has 1 aromatic carbocycles. The van der Waals surface area contributed by atoms with Gasteiger partial charge in [-0.05, 0) is 43.5 Å². The second kappa shape index (κ2) is 4.58. The molecule has 2 atom stereocenters. The molecule has 106 valence electrons. The molecule has 0 amide bonds. The molecule has 2 N–H and O–H groups in total. The molecular weight excluding hydrogens is 262 g/mol. The van der Waals surface area contributed by atoms with E-state index in [2.05, 4.69) is 4.72 Å². The van der Waals surface area contributed by atoms with Gasteiger partial charge in [0.05, 0.1) is 11.0 Å². The third kappa shape index (κ3) is 2.68. The second-order valence-electron chi connectivity index (χ2n) is 6.07. The van der Waals surface area contributed by atoms with Crippen LogP contribution in [0.4, 0.5) is 0 Å². The Morgan fingerprint density at radius 1 is 1.21 bits per heavy atom. The van der Waals surface area contributed by atoms with Gasteiger partial charge in [-0.15, -0.1) is 0 Å². The number of benzene rings is 1. The molecule has 5 heteroatoms. The van der Waals surface area contributed by atoms with Crippen molar-refractivity contribution in [1.29, 1.82) is 0 Å². The van der Waals surface area contributed by atoms with Crippen molar-refractivity contribution in [3.8, 4) is 0 Å². The lowest BCUT2D eigenvalue weighted by atomic mass is 9.65. The summed E-state index contributed by atoms with van der Waals surface area (Å²) >= 11 is 0. The molecule has 0 aliphatic heterocycles. The molecule has 1 aliphatic rings. The fourth-order valence-electron chi connectivity index (χ4n) is 2.45. The molecule has 4 nitrogen and oxygen atoms in total. The molecule has 0 spiro atoms. The number of aryl methyl sites for hydroxylation is 2. The molecule has 0 radical (unpaired) electrons. The minimum atomic E-state index is -3.52. The lowest BCUT2D eigenvalue weighted by Crippen LogP contribution is -2.61. The molecule has 2 rings (SSSR count). The van der Waals surface area contributed by atoms with Gasteiger partial charge < -0.3 is 5.11 Å². The molecule has 0 bridgehead atoms. The summed E-state index contributed by atoms with van der Waals surface area (Å²) in [6.07, 6.45) is 0.0243. The van der Waals surface area contributed by atoms with Crippen LogP contribution in [0.5, 0.6) is 0 Å². The summed E-state index contributed by atoms with van der Waals surface area (Å²) < 4.78 is 27.4. The first kappa shape index (κ1) is 14.5. The zero-order valence-corrected chi connectivity index (χ0v) is 12.6. The van der Waals surface area contributed by atoms with Crippen molar-refractivity contribution in [2.75, 3.05) is 0 Å². The molecule has 1 fully saturated rings. The SMILES string of the molecule is Cc1cc(C)cc(S(=O)(=O)NC2CC(O)C2(C)C)c1. The molecule has 0 aromatic heterocycles. The average molecular weight is 283 g/mol. The summed E-state index contributed by atoms with van der Waals surface area (Å²) in [4.78, 5) is 0.294. The van der Waals surface area contributed by atoms with Gasteiger partial charge in [0.2, 0.25) is 10.0 Å². The van der Waals surface area contributed by atoms with Gasteiger partial charge in [-0.3, -0.25) is 0 Å². The average Bonchev–Trinajstić information content (AvgIpc) is 2.27. The Morgan fingerprint density at radius 2 is 1.74 bits per heavy atom. The van der Waals surface area contributed by atoms with Crippen molar-refractivity contribution >= 4 is 10.0 Å². The third-order valence-electron chi connectivity index (χ3n) is 4.02. The Morgan fingerprint density at radius 3 is 2.16 bits per heavy atom. The van der Waals surface area contributed by atoms with E-state index < -0.39 is 21.5 Å². The van der Waals surface area contributed by atoms with Crippen molar-refractivity contribution in [2.24, 2.45) is 5.41 Å². The van der Waals surface area contributed by atoms with Gasteiger partial charge in [0.25, 0.3) is 0 Å². The number of aliphatic hydroxyl groups excluding tert-OH is 1. The molecule has 1 saturated carbocycles. The summed E-state index contributed by atoms with van der Waals surface area (Å²) in [6.45, 7) is 7.50. The predicted molar refractivity (Wildman–Crippen MR) is 74.4 cm³/mol. The number of rotatable bonds is 3. The minimum absolute atomic E-state index is 0.215. The van der Waals surface area contributed by atoms with Crippen LogP contribution in [0.1, 0.15) is 31.4 Å². The summed E-state index contributed by atoms with van der Waals surface area (Å²) in [6, 6.07) is 5.05. The maximum absolute atomic E-state index is 12.3. The Kier molecular flexibility index (Phi) is 3.49. The van der Waals surface area contributed by atoms with Gasteiger partial charge in [-0.2, -0.15) is 0 Å². The first-order valence-corrected chi connectivity index (χ1v) is 7.90. The Labute approximate surface area is 114 Å². The van der Waals surface area contributed by atoms with Crippen molar-refractivity contribution in [3.05, 3.63) is 29.3 Å². The van der Waals surface area contributed by atoms with Gasteiger partial charge in [-0.1, -0.05) is 19.9 Å². The van der Waals surface area contributed by atoms with E-state index in [9.17, 15) is 13.5 Å². The Bertz CT molecular complexity index is 572. The van der Waals surface area contributed by atoms with Gasteiger partial charge >= 0.3 is 0 Å².